The molecule has 0 unspecified atom stereocenters. The summed E-state index contributed by atoms with van der Waals surface area (Å²) in [5.74, 6) is 2.26. The van der Waals surface area contributed by atoms with E-state index in [1.54, 1.807) is 0 Å². The Balaban J connectivity index is 3.28. The van der Waals surface area contributed by atoms with Crippen molar-refractivity contribution in [2.24, 2.45) is 0 Å². The molecule has 0 aromatic carbocycles. The van der Waals surface area contributed by atoms with Crippen molar-refractivity contribution < 1.29 is 4.79 Å². The molecule has 35 heavy (non-hydrogen) atoms. The molecule has 1 nitrogen and oxygen atoms in total. The lowest BCUT2D eigenvalue weighted by atomic mass is 10.00. The number of carbonyl (C=O) groups excluding carboxylic acids is 1. The van der Waals surface area contributed by atoms with Gasteiger partial charge in [0.15, 0.2) is 0 Å². The average Bonchev–Trinajstić information content (AvgIpc) is 2.87. The summed E-state index contributed by atoms with van der Waals surface area (Å²) in [6.45, 7) is 4.58. The average molecular weight is 491 g/mol. The van der Waals surface area contributed by atoms with Crippen LogP contribution in [0.3, 0.4) is 0 Å². The number of hydrogen-bond donors (Lipinski definition) is 0. The SMILES string of the molecule is CCCCCCCCCCCCCCCCC(=C=O)CCCCCCCCCCCCCCCC. The molecule has 0 saturated carbocycles. The zero-order valence-corrected chi connectivity index (χ0v) is 24.6. The number of rotatable bonds is 30. The van der Waals surface area contributed by atoms with Crippen LogP contribution in [0.15, 0.2) is 5.57 Å². The van der Waals surface area contributed by atoms with Crippen molar-refractivity contribution in [1.82, 2.24) is 0 Å². The van der Waals surface area contributed by atoms with Crippen LogP contribution >= 0.6 is 0 Å². The van der Waals surface area contributed by atoms with Crippen LogP contribution < -0.4 is 0 Å². The van der Waals surface area contributed by atoms with E-state index in [-0.39, 0.29) is 0 Å². The molecule has 0 aliphatic carbocycles. The molecule has 0 amide bonds. The quantitative estimate of drug-likeness (QED) is 0.0722. The van der Waals surface area contributed by atoms with Gasteiger partial charge in [-0.25, -0.2) is 4.79 Å². The van der Waals surface area contributed by atoms with Gasteiger partial charge < -0.3 is 0 Å². The Bertz CT molecular complexity index is 400. The Morgan fingerprint density at radius 3 is 0.743 bits per heavy atom. The first-order valence-corrected chi connectivity index (χ1v) is 16.6. The van der Waals surface area contributed by atoms with Crippen molar-refractivity contribution in [1.29, 1.82) is 0 Å². The fourth-order valence-electron chi connectivity index (χ4n) is 5.29. The minimum absolute atomic E-state index is 1.000. The molecule has 0 aliphatic heterocycles. The molecule has 0 N–H and O–H groups in total. The fraction of sp³-hybridized carbons (Fsp3) is 0.941. The Hall–Kier alpha value is -0.550. The molecule has 0 saturated heterocycles. The molecular formula is C34H66O. The van der Waals surface area contributed by atoms with E-state index in [4.69, 9.17) is 0 Å². The van der Waals surface area contributed by atoms with Crippen molar-refractivity contribution in [3.8, 4) is 0 Å². The first kappa shape index (κ1) is 34.5. The number of unbranched alkanes of at least 4 members (excludes halogenated alkanes) is 26. The highest BCUT2D eigenvalue weighted by atomic mass is 16.1. The maximum Gasteiger partial charge on any atom is 0.123 e. The van der Waals surface area contributed by atoms with Gasteiger partial charge in [-0.2, -0.15) is 0 Å². The third-order valence-corrected chi connectivity index (χ3v) is 7.81. The van der Waals surface area contributed by atoms with Crippen molar-refractivity contribution >= 4 is 5.94 Å². The van der Waals surface area contributed by atoms with Crippen LogP contribution in [0.4, 0.5) is 0 Å². The second-order valence-electron chi connectivity index (χ2n) is 11.4. The van der Waals surface area contributed by atoms with Gasteiger partial charge in [0.1, 0.15) is 5.94 Å². The molecule has 0 spiro atoms. The van der Waals surface area contributed by atoms with Crippen LogP contribution in [0.5, 0.6) is 0 Å². The van der Waals surface area contributed by atoms with Crippen LogP contribution in [-0.2, 0) is 4.79 Å². The van der Waals surface area contributed by atoms with E-state index < -0.39 is 0 Å². The summed E-state index contributed by atoms with van der Waals surface area (Å²) in [7, 11) is 0. The standard InChI is InChI=1S/C34H66O/c1-3-5-7-9-11-13-15-17-19-21-23-25-27-29-31-34(33-35)32-30-28-26-24-22-20-18-16-14-12-10-8-6-4-2/h3-32H2,1-2H3. The molecule has 0 aromatic rings. The monoisotopic (exact) mass is 491 g/mol. The number of allylic oxidation sites excluding steroid dienone is 1. The molecule has 0 bridgehead atoms. The second-order valence-corrected chi connectivity index (χ2v) is 11.4. The topological polar surface area (TPSA) is 17.1 Å². The van der Waals surface area contributed by atoms with Crippen LogP contribution in [0.2, 0.25) is 0 Å². The highest BCUT2D eigenvalue weighted by Gasteiger charge is 2.01. The Labute approximate surface area is 222 Å². The highest BCUT2D eigenvalue weighted by molar-refractivity contribution is 5.52. The zero-order valence-electron chi connectivity index (χ0n) is 24.6. The van der Waals surface area contributed by atoms with Crippen molar-refractivity contribution in [3.05, 3.63) is 5.57 Å². The smallest absolute Gasteiger partial charge is 0.123 e. The lowest BCUT2D eigenvalue weighted by Crippen LogP contribution is -1.89. The lowest BCUT2D eigenvalue weighted by Gasteiger charge is -2.05. The third-order valence-electron chi connectivity index (χ3n) is 7.81. The van der Waals surface area contributed by atoms with E-state index in [0.717, 1.165) is 18.4 Å². The van der Waals surface area contributed by atoms with Crippen molar-refractivity contribution in [2.75, 3.05) is 0 Å². The molecule has 0 aromatic heterocycles. The van der Waals surface area contributed by atoms with Gasteiger partial charge in [-0.05, 0) is 25.7 Å². The van der Waals surface area contributed by atoms with E-state index in [1.165, 1.54) is 180 Å². The molecule has 0 rings (SSSR count). The molecule has 0 aliphatic rings. The van der Waals surface area contributed by atoms with Gasteiger partial charge in [-0.15, -0.1) is 0 Å². The Morgan fingerprint density at radius 1 is 0.343 bits per heavy atom. The van der Waals surface area contributed by atoms with Gasteiger partial charge in [0.2, 0.25) is 0 Å². The van der Waals surface area contributed by atoms with Crippen LogP contribution in [0, 0.1) is 0 Å². The first-order chi connectivity index (χ1) is 17.3. The van der Waals surface area contributed by atoms with E-state index in [0.29, 0.717) is 0 Å². The molecule has 0 heterocycles. The van der Waals surface area contributed by atoms with Gasteiger partial charge in [-0.1, -0.05) is 181 Å². The van der Waals surface area contributed by atoms with Gasteiger partial charge in [0, 0.05) is 5.57 Å². The Morgan fingerprint density at radius 2 is 0.543 bits per heavy atom. The predicted molar refractivity (Wildman–Crippen MR) is 159 cm³/mol. The summed E-state index contributed by atoms with van der Waals surface area (Å²) in [6.07, 6.45) is 41.0. The molecule has 1 heteroatoms. The maximum absolute atomic E-state index is 11.3. The summed E-state index contributed by atoms with van der Waals surface area (Å²) in [5.41, 5.74) is 1.06. The van der Waals surface area contributed by atoms with Gasteiger partial charge in [0.25, 0.3) is 0 Å². The maximum atomic E-state index is 11.3. The van der Waals surface area contributed by atoms with Gasteiger partial charge in [0.05, 0.1) is 0 Å². The van der Waals surface area contributed by atoms with Crippen molar-refractivity contribution in [3.63, 3.8) is 0 Å². The normalized spacial score (nSPS) is 11.1. The van der Waals surface area contributed by atoms with Gasteiger partial charge >= 0.3 is 0 Å². The van der Waals surface area contributed by atoms with Crippen LogP contribution in [0.1, 0.15) is 206 Å². The van der Waals surface area contributed by atoms with E-state index >= 15 is 0 Å². The molecule has 0 atom stereocenters. The summed E-state index contributed by atoms with van der Waals surface area (Å²) in [4.78, 5) is 11.3. The minimum atomic E-state index is 1.000. The second kappa shape index (κ2) is 31.5. The van der Waals surface area contributed by atoms with Crippen LogP contribution in [-0.4, -0.2) is 5.94 Å². The third kappa shape index (κ3) is 29.6. The van der Waals surface area contributed by atoms with Crippen molar-refractivity contribution in [2.45, 2.75) is 206 Å². The number of hydrogen-bond acceptors (Lipinski definition) is 1. The minimum Gasteiger partial charge on any atom is -0.234 e. The first-order valence-electron chi connectivity index (χ1n) is 16.6. The summed E-state index contributed by atoms with van der Waals surface area (Å²) >= 11 is 0. The summed E-state index contributed by atoms with van der Waals surface area (Å²) in [5, 5.41) is 0. The predicted octanol–water partition coefficient (Wildman–Crippen LogP) is 12.5. The molecule has 0 fully saturated rings. The van der Waals surface area contributed by atoms with E-state index in [1.807, 2.05) is 0 Å². The lowest BCUT2D eigenvalue weighted by molar-refractivity contribution is 0.529. The molecule has 0 radical (unpaired) electrons. The summed E-state index contributed by atoms with van der Waals surface area (Å²) in [6, 6.07) is 0. The van der Waals surface area contributed by atoms with Crippen LogP contribution in [0.25, 0.3) is 0 Å². The summed E-state index contributed by atoms with van der Waals surface area (Å²) < 4.78 is 0. The fourth-order valence-corrected chi connectivity index (χ4v) is 5.29. The van der Waals surface area contributed by atoms with E-state index in [9.17, 15) is 4.79 Å². The van der Waals surface area contributed by atoms with E-state index in [2.05, 4.69) is 19.8 Å². The zero-order chi connectivity index (χ0) is 25.5. The Kier molecular flexibility index (Phi) is 31.0. The molecule has 208 valence electrons. The van der Waals surface area contributed by atoms with Gasteiger partial charge in [-0.3, -0.25) is 0 Å². The highest BCUT2D eigenvalue weighted by Crippen LogP contribution is 2.18. The molecular weight excluding hydrogens is 424 g/mol. The largest absolute Gasteiger partial charge is 0.234 e.